The summed E-state index contributed by atoms with van der Waals surface area (Å²) in [7, 11) is 0. The van der Waals surface area contributed by atoms with Crippen molar-refractivity contribution in [1.29, 1.82) is 0 Å². The Hall–Kier alpha value is -3.49. The molecule has 1 aliphatic rings. The van der Waals surface area contributed by atoms with Crippen LogP contribution in [0.3, 0.4) is 0 Å². The normalized spacial score (nSPS) is 20.1. The van der Waals surface area contributed by atoms with Crippen LogP contribution in [0.1, 0.15) is 34.7 Å². The molecular formula is C33H39N3O4. The van der Waals surface area contributed by atoms with E-state index in [9.17, 15) is 15.0 Å². The molecule has 1 amide bonds. The number of aromatic nitrogens is 1. The average molecular weight is 542 g/mol. The first-order chi connectivity index (χ1) is 19.4. The van der Waals surface area contributed by atoms with Crippen LogP contribution < -0.4 is 5.32 Å². The standard InChI is InChI=1S/C33H39N3O4/c1-22-7-9-24(10-8-22)11-12-25-13-15-26(16-14-25)20-36-31(29(21-37)32(40-36)23(2)38)33(39)34-18-17-27-19-35-30-6-4-3-5-28(27)30/h3-10,13-16,19,23,29,31-32,35,37-38H,11-12,17-18,20-21H2,1-2H3,(H,34,39)/t23-,29-,31-,32-/m1/s1. The summed E-state index contributed by atoms with van der Waals surface area (Å²) in [5.41, 5.74) is 7.03. The van der Waals surface area contributed by atoms with Crippen molar-refractivity contribution in [1.82, 2.24) is 15.4 Å². The molecule has 210 valence electrons. The van der Waals surface area contributed by atoms with Crippen molar-refractivity contribution in [3.8, 4) is 0 Å². The third-order valence-electron chi connectivity index (χ3n) is 7.90. The van der Waals surface area contributed by atoms with Gasteiger partial charge in [0, 0.05) is 29.6 Å². The van der Waals surface area contributed by atoms with Crippen LogP contribution in [-0.4, -0.2) is 57.6 Å². The Kier molecular flexibility index (Phi) is 8.97. The van der Waals surface area contributed by atoms with E-state index in [1.165, 1.54) is 16.7 Å². The summed E-state index contributed by atoms with van der Waals surface area (Å²) in [5, 5.41) is 26.3. The molecule has 7 heteroatoms. The highest BCUT2D eigenvalue weighted by Crippen LogP contribution is 2.31. The number of carbonyl (C=O) groups is 1. The smallest absolute Gasteiger partial charge is 0.240 e. The van der Waals surface area contributed by atoms with Gasteiger partial charge in [0.1, 0.15) is 12.1 Å². The summed E-state index contributed by atoms with van der Waals surface area (Å²) in [6, 6.07) is 24.4. The zero-order chi connectivity index (χ0) is 28.1. The van der Waals surface area contributed by atoms with E-state index in [1.807, 2.05) is 24.4 Å². The summed E-state index contributed by atoms with van der Waals surface area (Å²) >= 11 is 0. The zero-order valence-electron chi connectivity index (χ0n) is 23.2. The van der Waals surface area contributed by atoms with E-state index >= 15 is 0 Å². The summed E-state index contributed by atoms with van der Waals surface area (Å²) in [5.74, 6) is -0.751. The van der Waals surface area contributed by atoms with E-state index < -0.39 is 24.2 Å². The van der Waals surface area contributed by atoms with Gasteiger partial charge in [-0.15, -0.1) is 0 Å². The molecule has 4 N–H and O–H groups in total. The number of hydrogen-bond donors (Lipinski definition) is 4. The zero-order valence-corrected chi connectivity index (χ0v) is 23.2. The summed E-state index contributed by atoms with van der Waals surface area (Å²) in [6.07, 6.45) is 3.09. The Labute approximate surface area is 235 Å². The predicted octanol–water partition coefficient (Wildman–Crippen LogP) is 4.09. The van der Waals surface area contributed by atoms with E-state index in [-0.39, 0.29) is 12.5 Å². The second-order valence-corrected chi connectivity index (χ2v) is 10.9. The van der Waals surface area contributed by atoms with Crippen LogP contribution in [0.25, 0.3) is 10.9 Å². The number of H-pyrrole nitrogens is 1. The van der Waals surface area contributed by atoms with Crippen LogP contribution >= 0.6 is 0 Å². The van der Waals surface area contributed by atoms with Gasteiger partial charge < -0.3 is 20.5 Å². The van der Waals surface area contributed by atoms with Crippen LogP contribution in [-0.2, 0) is 35.4 Å². The number of nitrogens with one attached hydrogen (secondary N) is 2. The second-order valence-electron chi connectivity index (χ2n) is 10.9. The van der Waals surface area contributed by atoms with E-state index in [2.05, 4.69) is 71.8 Å². The molecule has 7 nitrogen and oxygen atoms in total. The Morgan fingerprint density at radius 1 is 0.975 bits per heavy atom. The first kappa shape index (κ1) is 28.1. The van der Waals surface area contributed by atoms with Gasteiger partial charge in [0.25, 0.3) is 0 Å². The number of aliphatic hydroxyl groups excluding tert-OH is 2. The molecule has 40 heavy (non-hydrogen) atoms. The van der Waals surface area contributed by atoms with Crippen LogP contribution in [0.5, 0.6) is 0 Å². The van der Waals surface area contributed by atoms with Gasteiger partial charge in [0.15, 0.2) is 0 Å². The molecule has 4 atom stereocenters. The molecule has 1 aliphatic heterocycles. The molecule has 0 radical (unpaired) electrons. The highest BCUT2D eigenvalue weighted by Gasteiger charge is 2.48. The number of aromatic amines is 1. The van der Waals surface area contributed by atoms with Gasteiger partial charge in [-0.05, 0) is 61.4 Å². The minimum absolute atomic E-state index is 0.211. The third kappa shape index (κ3) is 6.45. The fraction of sp³-hybridized carbons (Fsp3) is 0.364. The lowest BCUT2D eigenvalue weighted by atomic mass is 9.92. The number of fused-ring (bicyclic) bond motifs is 1. The van der Waals surface area contributed by atoms with Gasteiger partial charge in [-0.2, -0.15) is 5.06 Å². The van der Waals surface area contributed by atoms with Crippen molar-refractivity contribution in [2.45, 2.75) is 57.9 Å². The highest BCUT2D eigenvalue weighted by molar-refractivity contribution is 5.84. The number of carbonyl (C=O) groups excluding carboxylic acids is 1. The molecule has 5 rings (SSSR count). The summed E-state index contributed by atoms with van der Waals surface area (Å²) < 4.78 is 0. The number of aliphatic hydroxyl groups is 2. The van der Waals surface area contributed by atoms with Crippen LogP contribution in [0.2, 0.25) is 0 Å². The maximum Gasteiger partial charge on any atom is 0.240 e. The molecule has 2 heterocycles. The maximum atomic E-state index is 13.4. The van der Waals surface area contributed by atoms with Crippen LogP contribution in [0, 0.1) is 12.8 Å². The third-order valence-corrected chi connectivity index (χ3v) is 7.90. The lowest BCUT2D eigenvalue weighted by Gasteiger charge is -2.24. The maximum absolute atomic E-state index is 13.4. The first-order valence-corrected chi connectivity index (χ1v) is 14.1. The van der Waals surface area contributed by atoms with E-state index in [1.54, 1.807) is 12.0 Å². The van der Waals surface area contributed by atoms with Gasteiger partial charge in [0.05, 0.1) is 19.3 Å². The lowest BCUT2D eigenvalue weighted by Crippen LogP contribution is -2.48. The number of hydrogen-bond acceptors (Lipinski definition) is 5. The molecule has 1 fully saturated rings. The fourth-order valence-corrected chi connectivity index (χ4v) is 5.60. The molecule has 0 saturated carbocycles. The van der Waals surface area contributed by atoms with E-state index in [4.69, 9.17) is 4.84 Å². The second kappa shape index (κ2) is 12.8. The Balaban J connectivity index is 1.22. The molecule has 0 bridgehead atoms. The van der Waals surface area contributed by atoms with Crippen LogP contribution in [0.4, 0.5) is 0 Å². The molecular weight excluding hydrogens is 502 g/mol. The summed E-state index contributed by atoms with van der Waals surface area (Å²) in [4.78, 5) is 22.8. The van der Waals surface area contributed by atoms with E-state index in [0.717, 1.165) is 34.9 Å². The van der Waals surface area contributed by atoms with Crippen LogP contribution in [0.15, 0.2) is 79.0 Å². The molecule has 3 aromatic carbocycles. The largest absolute Gasteiger partial charge is 0.396 e. The van der Waals surface area contributed by atoms with Crippen molar-refractivity contribution in [3.05, 3.63) is 107 Å². The predicted molar refractivity (Wildman–Crippen MR) is 157 cm³/mol. The minimum Gasteiger partial charge on any atom is -0.396 e. The first-order valence-electron chi connectivity index (χ1n) is 14.1. The van der Waals surface area contributed by atoms with Gasteiger partial charge in [0.2, 0.25) is 5.91 Å². The number of amides is 1. The summed E-state index contributed by atoms with van der Waals surface area (Å²) in [6.45, 7) is 4.30. The number of aryl methyl sites for hydroxylation is 3. The number of rotatable bonds is 11. The molecule has 1 aromatic heterocycles. The highest BCUT2D eigenvalue weighted by atomic mass is 16.7. The number of benzene rings is 3. The Bertz CT molecular complexity index is 1400. The quantitative estimate of drug-likeness (QED) is 0.229. The fourth-order valence-electron chi connectivity index (χ4n) is 5.60. The van der Waals surface area contributed by atoms with Crippen molar-refractivity contribution in [2.24, 2.45) is 5.92 Å². The minimum atomic E-state index is -0.826. The Morgan fingerprint density at radius 3 is 2.30 bits per heavy atom. The monoisotopic (exact) mass is 541 g/mol. The lowest BCUT2D eigenvalue weighted by molar-refractivity contribution is -0.192. The van der Waals surface area contributed by atoms with Gasteiger partial charge in [-0.25, -0.2) is 0 Å². The average Bonchev–Trinajstić information content (AvgIpc) is 3.55. The van der Waals surface area contributed by atoms with Gasteiger partial charge >= 0.3 is 0 Å². The molecule has 1 saturated heterocycles. The number of nitrogens with zero attached hydrogens (tertiary/aromatic N) is 1. The molecule has 4 aromatic rings. The van der Waals surface area contributed by atoms with Crippen molar-refractivity contribution in [2.75, 3.05) is 13.2 Å². The SMILES string of the molecule is Cc1ccc(CCc2ccc(CN3O[C@H]([C@@H](C)O)[C@H](CO)[C@@H]3C(=O)NCCc3c[nH]c4ccccc34)cc2)cc1. The number of para-hydroxylation sites is 1. The van der Waals surface area contributed by atoms with Crippen molar-refractivity contribution >= 4 is 16.8 Å². The van der Waals surface area contributed by atoms with Gasteiger partial charge in [-0.3, -0.25) is 9.63 Å². The van der Waals surface area contributed by atoms with Crippen molar-refractivity contribution < 1.29 is 19.8 Å². The molecule has 0 aliphatic carbocycles. The molecule has 0 unspecified atom stereocenters. The molecule has 0 spiro atoms. The van der Waals surface area contributed by atoms with E-state index in [0.29, 0.717) is 19.5 Å². The van der Waals surface area contributed by atoms with Crippen molar-refractivity contribution in [3.63, 3.8) is 0 Å². The number of hydroxylamine groups is 2. The Morgan fingerprint density at radius 2 is 1.62 bits per heavy atom. The topological polar surface area (TPSA) is 97.8 Å². The van der Waals surface area contributed by atoms with Gasteiger partial charge in [-0.1, -0.05) is 72.3 Å².